The van der Waals surface area contributed by atoms with Crippen LogP contribution in [0.2, 0.25) is 5.02 Å². The molecule has 0 aliphatic rings. The van der Waals surface area contributed by atoms with Gasteiger partial charge in [-0.15, -0.1) is 0 Å². The Labute approximate surface area is 118 Å². The number of hydrogen-bond acceptors (Lipinski definition) is 4. The van der Waals surface area contributed by atoms with Gasteiger partial charge in [-0.2, -0.15) is 0 Å². The lowest BCUT2D eigenvalue weighted by atomic mass is 10.1. The molecule has 19 heavy (non-hydrogen) atoms. The van der Waals surface area contributed by atoms with Crippen LogP contribution in [-0.2, 0) is 16.0 Å². The Morgan fingerprint density at radius 1 is 1.42 bits per heavy atom. The molecule has 106 valence electrons. The Hall–Kier alpha value is -1.26. The van der Waals surface area contributed by atoms with Crippen molar-refractivity contribution in [2.24, 2.45) is 5.73 Å². The van der Waals surface area contributed by atoms with Gasteiger partial charge in [0.1, 0.15) is 5.75 Å². The molecule has 0 amide bonds. The van der Waals surface area contributed by atoms with Gasteiger partial charge in [-0.3, -0.25) is 0 Å². The van der Waals surface area contributed by atoms with Crippen molar-refractivity contribution in [3.8, 4) is 5.75 Å². The topological polar surface area (TPSA) is 61.5 Å². The summed E-state index contributed by atoms with van der Waals surface area (Å²) in [5.41, 5.74) is 6.43. The number of benzene rings is 1. The molecule has 5 heteroatoms. The highest BCUT2D eigenvalue weighted by molar-refractivity contribution is 6.32. The molecule has 0 radical (unpaired) electrons. The molecule has 0 saturated carbocycles. The fourth-order valence-corrected chi connectivity index (χ4v) is 1.82. The van der Waals surface area contributed by atoms with Crippen molar-refractivity contribution >= 4 is 17.6 Å². The van der Waals surface area contributed by atoms with Crippen LogP contribution < -0.4 is 10.5 Å². The summed E-state index contributed by atoms with van der Waals surface area (Å²) in [6, 6.07) is 5.44. The Morgan fingerprint density at radius 2 is 2.21 bits per heavy atom. The molecular formula is C14H20ClNO3. The number of esters is 1. The van der Waals surface area contributed by atoms with Crippen LogP contribution in [-0.4, -0.2) is 25.7 Å². The second-order valence-corrected chi connectivity index (χ2v) is 4.54. The third-order valence-corrected chi connectivity index (χ3v) is 2.86. The lowest BCUT2D eigenvalue weighted by Gasteiger charge is -2.12. The third-order valence-electron chi connectivity index (χ3n) is 2.56. The summed E-state index contributed by atoms with van der Waals surface area (Å²) in [4.78, 5) is 11.5. The Kier molecular flexibility index (Phi) is 7.30. The van der Waals surface area contributed by atoms with E-state index in [4.69, 9.17) is 26.8 Å². The van der Waals surface area contributed by atoms with E-state index in [-0.39, 0.29) is 12.6 Å². The summed E-state index contributed by atoms with van der Waals surface area (Å²) in [5.74, 6) is 0.133. The Morgan fingerprint density at radius 3 is 2.89 bits per heavy atom. The van der Waals surface area contributed by atoms with Crippen molar-refractivity contribution in [3.05, 3.63) is 28.8 Å². The molecule has 0 atom stereocenters. The van der Waals surface area contributed by atoms with E-state index in [2.05, 4.69) is 0 Å². The van der Waals surface area contributed by atoms with Gasteiger partial charge in [0.15, 0.2) is 6.61 Å². The van der Waals surface area contributed by atoms with E-state index in [0.29, 0.717) is 30.3 Å². The van der Waals surface area contributed by atoms with Gasteiger partial charge in [0, 0.05) is 0 Å². The van der Waals surface area contributed by atoms with E-state index in [1.54, 1.807) is 6.07 Å². The molecule has 4 nitrogen and oxygen atoms in total. The van der Waals surface area contributed by atoms with Crippen LogP contribution in [0.15, 0.2) is 18.2 Å². The molecule has 0 aliphatic carbocycles. The molecule has 2 N–H and O–H groups in total. The number of hydrogen-bond donors (Lipinski definition) is 1. The van der Waals surface area contributed by atoms with Gasteiger partial charge in [0.2, 0.25) is 0 Å². The van der Waals surface area contributed by atoms with Gasteiger partial charge in [0.25, 0.3) is 0 Å². The molecule has 0 heterocycles. The van der Waals surface area contributed by atoms with Crippen LogP contribution in [0.5, 0.6) is 5.75 Å². The number of carbonyl (C=O) groups excluding carboxylic acids is 1. The largest absolute Gasteiger partial charge is 0.480 e. The Bertz CT molecular complexity index is 410. The molecule has 1 aromatic carbocycles. The summed E-state index contributed by atoms with van der Waals surface area (Å²) < 4.78 is 10.5. The van der Waals surface area contributed by atoms with Gasteiger partial charge >= 0.3 is 5.97 Å². The second kappa shape index (κ2) is 8.77. The van der Waals surface area contributed by atoms with Crippen LogP contribution in [0.3, 0.4) is 0 Å². The highest BCUT2D eigenvalue weighted by Crippen LogP contribution is 2.28. The van der Waals surface area contributed by atoms with E-state index >= 15 is 0 Å². The van der Waals surface area contributed by atoms with Crippen LogP contribution in [0.1, 0.15) is 25.3 Å². The fraction of sp³-hybridized carbons (Fsp3) is 0.500. The monoisotopic (exact) mass is 285 g/mol. The minimum atomic E-state index is -0.382. The van der Waals surface area contributed by atoms with Crippen LogP contribution in [0, 0.1) is 0 Å². The van der Waals surface area contributed by atoms with Crippen LogP contribution in [0.25, 0.3) is 0 Å². The summed E-state index contributed by atoms with van der Waals surface area (Å²) in [5, 5.41) is 0.479. The maximum atomic E-state index is 11.5. The normalized spacial score (nSPS) is 10.3. The van der Waals surface area contributed by atoms with E-state index < -0.39 is 0 Å². The standard InChI is InChI=1S/C14H20ClNO3/c1-2-3-9-18-13(17)10-19-14-11(7-8-16)5-4-6-12(14)15/h4-6H,2-3,7-10,16H2,1H3. The average Bonchev–Trinajstić information content (AvgIpc) is 2.39. The van der Waals surface area contributed by atoms with Gasteiger partial charge in [0.05, 0.1) is 11.6 Å². The number of para-hydroxylation sites is 1. The molecule has 0 fully saturated rings. The Balaban J connectivity index is 2.54. The predicted molar refractivity (Wildman–Crippen MR) is 75.6 cm³/mol. The minimum absolute atomic E-state index is 0.134. The van der Waals surface area contributed by atoms with Crippen LogP contribution >= 0.6 is 11.6 Å². The molecule has 1 aromatic rings. The first-order valence-corrected chi connectivity index (χ1v) is 6.82. The van der Waals surface area contributed by atoms with Crippen LogP contribution in [0.4, 0.5) is 0 Å². The zero-order chi connectivity index (χ0) is 14.1. The quantitative estimate of drug-likeness (QED) is 0.589. The molecule has 0 unspecified atom stereocenters. The highest BCUT2D eigenvalue weighted by Gasteiger charge is 2.11. The minimum Gasteiger partial charge on any atom is -0.480 e. The van der Waals surface area contributed by atoms with Gasteiger partial charge < -0.3 is 15.2 Å². The van der Waals surface area contributed by atoms with Crippen molar-refractivity contribution in [1.29, 1.82) is 0 Å². The second-order valence-electron chi connectivity index (χ2n) is 4.13. The number of ether oxygens (including phenoxy) is 2. The number of unbranched alkanes of at least 4 members (excludes halogenated alkanes) is 1. The number of nitrogens with two attached hydrogens (primary N) is 1. The van der Waals surface area contributed by atoms with Crippen molar-refractivity contribution in [2.75, 3.05) is 19.8 Å². The molecule has 0 spiro atoms. The zero-order valence-corrected chi connectivity index (χ0v) is 11.9. The molecule has 0 aromatic heterocycles. The van der Waals surface area contributed by atoms with Crippen molar-refractivity contribution in [2.45, 2.75) is 26.2 Å². The number of rotatable bonds is 8. The van der Waals surface area contributed by atoms with Gasteiger partial charge in [-0.1, -0.05) is 37.1 Å². The SMILES string of the molecule is CCCCOC(=O)COc1c(Cl)cccc1CCN. The van der Waals surface area contributed by atoms with E-state index in [0.717, 1.165) is 18.4 Å². The number of carbonyl (C=O) groups is 1. The van der Waals surface area contributed by atoms with E-state index in [1.165, 1.54) is 0 Å². The molecule has 0 bridgehead atoms. The first kappa shape index (κ1) is 15.8. The lowest BCUT2D eigenvalue weighted by molar-refractivity contribution is -0.146. The van der Waals surface area contributed by atoms with E-state index in [1.807, 2.05) is 19.1 Å². The maximum absolute atomic E-state index is 11.5. The zero-order valence-electron chi connectivity index (χ0n) is 11.2. The van der Waals surface area contributed by atoms with Gasteiger partial charge in [-0.25, -0.2) is 4.79 Å². The fourth-order valence-electron chi connectivity index (χ4n) is 1.57. The van der Waals surface area contributed by atoms with Crippen molar-refractivity contribution in [1.82, 2.24) is 0 Å². The summed E-state index contributed by atoms with van der Waals surface area (Å²) in [7, 11) is 0. The molecule has 1 rings (SSSR count). The summed E-state index contributed by atoms with van der Waals surface area (Å²) in [6.45, 7) is 2.83. The molecular weight excluding hydrogens is 266 g/mol. The molecule has 0 aliphatic heterocycles. The number of halogens is 1. The summed E-state index contributed by atoms with van der Waals surface area (Å²) in [6.07, 6.45) is 2.50. The first-order chi connectivity index (χ1) is 9.19. The van der Waals surface area contributed by atoms with Crippen molar-refractivity contribution < 1.29 is 14.3 Å². The summed E-state index contributed by atoms with van der Waals surface area (Å²) >= 11 is 6.06. The lowest BCUT2D eigenvalue weighted by Crippen LogP contribution is -2.16. The first-order valence-electron chi connectivity index (χ1n) is 6.45. The smallest absolute Gasteiger partial charge is 0.344 e. The highest BCUT2D eigenvalue weighted by atomic mass is 35.5. The maximum Gasteiger partial charge on any atom is 0.344 e. The third kappa shape index (κ3) is 5.49. The predicted octanol–water partition coefficient (Wildman–Crippen LogP) is 2.56. The molecule has 0 saturated heterocycles. The van der Waals surface area contributed by atoms with Crippen molar-refractivity contribution in [3.63, 3.8) is 0 Å². The van der Waals surface area contributed by atoms with Gasteiger partial charge in [-0.05, 0) is 31.0 Å². The van der Waals surface area contributed by atoms with E-state index in [9.17, 15) is 4.79 Å². The average molecular weight is 286 g/mol.